The van der Waals surface area contributed by atoms with Gasteiger partial charge >= 0.3 is 0 Å². The number of anilines is 2. The number of benzene rings is 3. The molecule has 1 aliphatic heterocycles. The largest absolute Gasteiger partial charge is 0.372 e. The van der Waals surface area contributed by atoms with Crippen molar-refractivity contribution in [2.24, 2.45) is 0 Å². The topological polar surface area (TPSA) is 41.1 Å². The second-order valence-corrected chi connectivity index (χ2v) is 8.21. The second kappa shape index (κ2) is 7.62. The molecule has 1 aliphatic carbocycles. The van der Waals surface area contributed by atoms with E-state index >= 15 is 0 Å². The van der Waals surface area contributed by atoms with Crippen molar-refractivity contribution < 1.29 is 9.18 Å². The quantitative estimate of drug-likeness (QED) is 0.501. The molecule has 0 saturated heterocycles. The van der Waals surface area contributed by atoms with Crippen LogP contribution in [0.25, 0.3) is 0 Å². The first-order valence-corrected chi connectivity index (χ1v) is 10.4. The van der Waals surface area contributed by atoms with E-state index in [9.17, 15) is 9.18 Å². The van der Waals surface area contributed by atoms with Crippen molar-refractivity contribution in [1.29, 1.82) is 0 Å². The molecule has 30 heavy (non-hydrogen) atoms. The average Bonchev–Trinajstić information content (AvgIpc) is 2.91. The smallest absolute Gasteiger partial charge is 0.163 e. The molecule has 0 amide bonds. The number of halogens is 2. The number of carbonyl (C=O) groups excluding carboxylic acids is 1. The predicted molar refractivity (Wildman–Crippen MR) is 118 cm³/mol. The third kappa shape index (κ3) is 3.48. The Balaban J connectivity index is 1.60. The van der Waals surface area contributed by atoms with Crippen molar-refractivity contribution in [2.45, 2.75) is 24.8 Å². The van der Waals surface area contributed by atoms with E-state index in [1.54, 1.807) is 12.1 Å². The maximum atomic E-state index is 13.5. The van der Waals surface area contributed by atoms with E-state index in [0.717, 1.165) is 40.2 Å². The van der Waals surface area contributed by atoms with Crippen molar-refractivity contribution in [1.82, 2.24) is 0 Å². The number of allylic oxidation sites excluding steroid dienone is 1. The molecule has 150 valence electrons. The van der Waals surface area contributed by atoms with E-state index in [0.29, 0.717) is 11.4 Å². The van der Waals surface area contributed by atoms with Gasteiger partial charge in [-0.05, 0) is 59.9 Å². The lowest BCUT2D eigenvalue weighted by molar-refractivity contribution is -0.116. The zero-order valence-corrected chi connectivity index (χ0v) is 16.9. The molecule has 5 rings (SSSR count). The first kappa shape index (κ1) is 18.9. The molecule has 5 heteroatoms. The molecular formula is C25H20ClFN2O. The summed E-state index contributed by atoms with van der Waals surface area (Å²) in [6.45, 7) is 0. The first-order chi connectivity index (χ1) is 14.6. The van der Waals surface area contributed by atoms with Gasteiger partial charge in [0.2, 0.25) is 0 Å². The van der Waals surface area contributed by atoms with Crippen LogP contribution in [0, 0.1) is 5.82 Å². The van der Waals surface area contributed by atoms with Crippen LogP contribution in [0.3, 0.4) is 0 Å². The third-order valence-corrected chi connectivity index (χ3v) is 6.11. The summed E-state index contributed by atoms with van der Waals surface area (Å²) in [6.07, 6.45) is 1.15. The van der Waals surface area contributed by atoms with Gasteiger partial charge in [-0.25, -0.2) is 4.39 Å². The lowest BCUT2D eigenvalue weighted by atomic mass is 9.78. The predicted octanol–water partition coefficient (Wildman–Crippen LogP) is 6.46. The zero-order chi connectivity index (χ0) is 20.7. The fraction of sp³-hybridized carbons (Fsp3) is 0.160. The maximum absolute atomic E-state index is 13.5. The Bertz CT molecular complexity index is 1140. The van der Waals surface area contributed by atoms with Gasteiger partial charge in [-0.1, -0.05) is 48.0 Å². The summed E-state index contributed by atoms with van der Waals surface area (Å²) in [6, 6.07) is 21.6. The number of hydrogen-bond acceptors (Lipinski definition) is 3. The molecule has 2 atom stereocenters. The molecule has 0 aromatic heterocycles. The van der Waals surface area contributed by atoms with Gasteiger partial charge in [0.1, 0.15) is 5.82 Å². The van der Waals surface area contributed by atoms with Crippen molar-refractivity contribution in [3.05, 3.63) is 106 Å². The number of nitrogens with one attached hydrogen (secondary N) is 2. The Morgan fingerprint density at radius 3 is 2.23 bits per heavy atom. The molecule has 3 aromatic rings. The van der Waals surface area contributed by atoms with E-state index in [-0.39, 0.29) is 23.6 Å². The minimum Gasteiger partial charge on any atom is -0.372 e. The van der Waals surface area contributed by atoms with Crippen LogP contribution in [0.5, 0.6) is 0 Å². The van der Waals surface area contributed by atoms with E-state index in [1.165, 1.54) is 12.1 Å². The highest BCUT2D eigenvalue weighted by Crippen LogP contribution is 2.44. The van der Waals surface area contributed by atoms with Crippen LogP contribution < -0.4 is 10.6 Å². The van der Waals surface area contributed by atoms with Crippen molar-refractivity contribution in [2.75, 3.05) is 10.6 Å². The molecule has 0 fully saturated rings. The van der Waals surface area contributed by atoms with E-state index in [1.807, 2.05) is 48.5 Å². The van der Waals surface area contributed by atoms with E-state index in [4.69, 9.17) is 11.6 Å². The molecule has 2 aliphatic rings. The number of ketones is 1. The van der Waals surface area contributed by atoms with Crippen LogP contribution in [0.2, 0.25) is 5.02 Å². The number of Topliss-reactive ketones (excluding diaryl/α,β-unsaturated/α-hetero) is 1. The minimum absolute atomic E-state index is 0.0835. The summed E-state index contributed by atoms with van der Waals surface area (Å²) in [5.41, 5.74) is 5.45. The first-order valence-electron chi connectivity index (χ1n) is 9.98. The molecule has 0 unspecified atom stereocenters. The van der Waals surface area contributed by atoms with E-state index in [2.05, 4.69) is 10.6 Å². The molecule has 0 saturated carbocycles. The third-order valence-electron chi connectivity index (χ3n) is 5.85. The summed E-state index contributed by atoms with van der Waals surface area (Å²) in [7, 11) is 0. The van der Waals surface area contributed by atoms with Gasteiger partial charge < -0.3 is 10.6 Å². The number of para-hydroxylation sites is 2. The van der Waals surface area contributed by atoms with Crippen molar-refractivity contribution in [3.63, 3.8) is 0 Å². The summed E-state index contributed by atoms with van der Waals surface area (Å²) < 4.78 is 13.5. The normalized spacial score (nSPS) is 20.5. The maximum Gasteiger partial charge on any atom is 0.163 e. The van der Waals surface area contributed by atoms with Crippen LogP contribution in [-0.2, 0) is 4.79 Å². The molecule has 2 N–H and O–H groups in total. The number of hydrogen-bond donors (Lipinski definition) is 2. The van der Waals surface area contributed by atoms with Crippen LogP contribution in [0.15, 0.2) is 84.1 Å². The fourth-order valence-electron chi connectivity index (χ4n) is 4.37. The summed E-state index contributed by atoms with van der Waals surface area (Å²) >= 11 is 6.04. The number of rotatable bonds is 2. The molecule has 3 nitrogen and oxygen atoms in total. The highest BCUT2D eigenvalue weighted by molar-refractivity contribution is 6.30. The van der Waals surface area contributed by atoms with Gasteiger partial charge in [-0.2, -0.15) is 0 Å². The van der Waals surface area contributed by atoms with Gasteiger partial charge in [0.15, 0.2) is 5.78 Å². The lowest BCUT2D eigenvalue weighted by Gasteiger charge is -2.30. The van der Waals surface area contributed by atoms with Gasteiger partial charge in [0.05, 0.1) is 17.4 Å². The SMILES string of the molecule is O=C1C[C@@H](c2ccc(Cl)cc2)CC2=C1[C@H](c1ccc(F)cc1)Nc1ccccc1N2. The number of fused-ring (bicyclic) bond motifs is 1. The van der Waals surface area contributed by atoms with Crippen LogP contribution >= 0.6 is 11.6 Å². The molecular weight excluding hydrogens is 399 g/mol. The molecule has 0 bridgehead atoms. The molecule has 1 heterocycles. The Kier molecular flexibility index (Phi) is 4.80. The van der Waals surface area contributed by atoms with Gasteiger partial charge in [0.25, 0.3) is 0 Å². The summed E-state index contributed by atoms with van der Waals surface area (Å²) in [4.78, 5) is 13.4. The lowest BCUT2D eigenvalue weighted by Crippen LogP contribution is -2.26. The second-order valence-electron chi connectivity index (χ2n) is 7.77. The van der Waals surface area contributed by atoms with Crippen LogP contribution in [0.4, 0.5) is 15.8 Å². The standard InChI is InChI=1S/C25H20ClFN2O/c26-18-9-5-15(6-10-18)17-13-22-24(23(30)14-17)25(16-7-11-19(27)12-8-16)29-21-4-2-1-3-20(21)28-22/h1-12,17,25,28-29H,13-14H2/t17-,25-/m0/s1. The highest BCUT2D eigenvalue weighted by atomic mass is 35.5. The molecule has 3 aromatic carbocycles. The Hall–Kier alpha value is -3.11. The zero-order valence-electron chi connectivity index (χ0n) is 16.2. The monoisotopic (exact) mass is 418 g/mol. The molecule has 0 spiro atoms. The average molecular weight is 419 g/mol. The molecule has 0 radical (unpaired) electrons. The Morgan fingerprint density at radius 2 is 1.50 bits per heavy atom. The highest BCUT2D eigenvalue weighted by Gasteiger charge is 2.36. The van der Waals surface area contributed by atoms with Gasteiger partial charge in [0, 0.05) is 22.7 Å². The van der Waals surface area contributed by atoms with Crippen molar-refractivity contribution in [3.8, 4) is 0 Å². The Morgan fingerprint density at radius 1 is 0.833 bits per heavy atom. The van der Waals surface area contributed by atoms with Crippen LogP contribution in [0.1, 0.15) is 35.9 Å². The van der Waals surface area contributed by atoms with Crippen molar-refractivity contribution >= 4 is 28.8 Å². The minimum atomic E-state index is -0.338. The van der Waals surface area contributed by atoms with Crippen LogP contribution in [-0.4, -0.2) is 5.78 Å². The summed E-state index contributed by atoms with van der Waals surface area (Å²) in [5.74, 6) is -0.114. The Labute approximate surface area is 179 Å². The fourth-order valence-corrected chi connectivity index (χ4v) is 4.49. The van der Waals surface area contributed by atoms with E-state index < -0.39 is 0 Å². The van der Waals surface area contributed by atoms with Gasteiger partial charge in [-0.15, -0.1) is 0 Å². The number of carbonyl (C=O) groups is 1. The van der Waals surface area contributed by atoms with Gasteiger partial charge in [-0.3, -0.25) is 4.79 Å². The summed E-state index contributed by atoms with van der Waals surface area (Å²) in [5, 5.41) is 7.70.